The van der Waals surface area contributed by atoms with Crippen LogP contribution in [0.15, 0.2) is 24.3 Å². The summed E-state index contributed by atoms with van der Waals surface area (Å²) in [7, 11) is 0. The molecule has 0 atom stereocenters. The summed E-state index contributed by atoms with van der Waals surface area (Å²) in [6.45, 7) is 0. The smallest absolute Gasteiger partial charge is 0.302 e. The number of aromatic nitrogens is 1. The topological polar surface area (TPSA) is 59.1 Å². The molecule has 1 heterocycles. The van der Waals surface area contributed by atoms with E-state index in [1.54, 1.807) is 0 Å². The Hall–Kier alpha value is -2.22. The summed E-state index contributed by atoms with van der Waals surface area (Å²) in [6, 6.07) is 4.45. The fourth-order valence-electron chi connectivity index (χ4n) is 2.48. The number of nitrogens with one attached hydrogen (secondary N) is 1. The Morgan fingerprint density at radius 2 is 1.92 bits per heavy atom. The van der Waals surface area contributed by atoms with Gasteiger partial charge < -0.3 is 5.32 Å². The normalized spacial score (nSPS) is 14.4. The lowest BCUT2D eigenvalue weighted by Crippen LogP contribution is -2.14. The molecule has 0 unspecified atom stereocenters. The van der Waals surface area contributed by atoms with Crippen molar-refractivity contribution in [3.05, 3.63) is 46.0 Å². The van der Waals surface area contributed by atoms with Gasteiger partial charge in [-0.2, -0.15) is 13.2 Å². The summed E-state index contributed by atoms with van der Waals surface area (Å²) < 4.78 is 37.5. The van der Waals surface area contributed by atoms with E-state index in [2.05, 4.69) is 10.3 Å². The Morgan fingerprint density at radius 1 is 1.21 bits per heavy atom. The average molecular weight is 354 g/mol. The van der Waals surface area contributed by atoms with Crippen LogP contribution in [0, 0.1) is 0 Å². The first-order valence-electron chi connectivity index (χ1n) is 7.32. The number of halogens is 3. The number of amides is 1. The number of aryl methyl sites for hydroxylation is 1. The van der Waals surface area contributed by atoms with E-state index >= 15 is 0 Å². The molecule has 0 bridgehead atoms. The van der Waals surface area contributed by atoms with Crippen LogP contribution in [0.5, 0.6) is 0 Å². The number of rotatable bonds is 3. The number of alkyl halides is 3. The molecule has 4 nitrogen and oxygen atoms in total. The molecular formula is C16H13F3N2O2S. The van der Waals surface area contributed by atoms with E-state index in [1.165, 1.54) is 12.1 Å². The second-order valence-electron chi connectivity index (χ2n) is 5.49. The van der Waals surface area contributed by atoms with Gasteiger partial charge in [-0.25, -0.2) is 4.98 Å². The standard InChI is InChI=1S/C16H13F3N2O2S/c17-16(18,19)10-6-4-9(5-7-10)8-13(23)21-15-20-11-2-1-3-12(22)14(11)24-15/h4-7H,1-3,8H2,(H,20,21,23). The third kappa shape index (κ3) is 3.64. The Kier molecular flexibility index (Phi) is 4.40. The van der Waals surface area contributed by atoms with Crippen molar-refractivity contribution in [1.82, 2.24) is 4.98 Å². The molecule has 0 saturated heterocycles. The predicted molar refractivity (Wildman–Crippen MR) is 83.2 cm³/mol. The third-order valence-corrected chi connectivity index (χ3v) is 4.71. The fourth-order valence-corrected chi connectivity index (χ4v) is 3.48. The lowest BCUT2D eigenvalue weighted by Gasteiger charge is -2.07. The van der Waals surface area contributed by atoms with Gasteiger partial charge in [-0.15, -0.1) is 0 Å². The molecular weight excluding hydrogens is 341 g/mol. The van der Waals surface area contributed by atoms with Crippen LogP contribution < -0.4 is 5.32 Å². The third-order valence-electron chi connectivity index (χ3n) is 3.66. The number of hydrogen-bond acceptors (Lipinski definition) is 4. The monoisotopic (exact) mass is 354 g/mol. The van der Waals surface area contributed by atoms with Gasteiger partial charge in [0.2, 0.25) is 5.91 Å². The highest BCUT2D eigenvalue weighted by atomic mass is 32.1. The quantitative estimate of drug-likeness (QED) is 0.910. The van der Waals surface area contributed by atoms with E-state index in [4.69, 9.17) is 0 Å². The van der Waals surface area contributed by atoms with Gasteiger partial charge in [0.15, 0.2) is 10.9 Å². The summed E-state index contributed by atoms with van der Waals surface area (Å²) in [4.78, 5) is 28.6. The van der Waals surface area contributed by atoms with Crippen molar-refractivity contribution in [2.24, 2.45) is 0 Å². The van der Waals surface area contributed by atoms with Crippen LogP contribution in [0.1, 0.15) is 39.3 Å². The number of thiazole rings is 1. The predicted octanol–water partition coefficient (Wildman–Crippen LogP) is 3.86. The molecule has 126 valence electrons. The van der Waals surface area contributed by atoms with E-state index < -0.39 is 11.7 Å². The van der Waals surface area contributed by atoms with Gasteiger partial charge in [0.05, 0.1) is 22.6 Å². The maximum absolute atomic E-state index is 12.5. The summed E-state index contributed by atoms with van der Waals surface area (Å²) in [5.41, 5.74) is 0.428. The molecule has 0 radical (unpaired) electrons. The average Bonchev–Trinajstić information content (AvgIpc) is 2.90. The minimum atomic E-state index is -4.40. The number of ketones is 1. The number of hydrogen-bond donors (Lipinski definition) is 1. The van der Waals surface area contributed by atoms with Crippen molar-refractivity contribution in [2.45, 2.75) is 31.9 Å². The van der Waals surface area contributed by atoms with Gasteiger partial charge in [0.25, 0.3) is 0 Å². The zero-order chi connectivity index (χ0) is 17.3. The molecule has 0 spiro atoms. The van der Waals surface area contributed by atoms with Crippen molar-refractivity contribution in [2.75, 3.05) is 5.32 Å². The molecule has 3 rings (SSSR count). The molecule has 8 heteroatoms. The summed E-state index contributed by atoms with van der Waals surface area (Å²) in [6.07, 6.45) is -2.49. The molecule has 1 amide bonds. The first-order valence-corrected chi connectivity index (χ1v) is 8.13. The lowest BCUT2D eigenvalue weighted by atomic mass is 10.0. The zero-order valence-electron chi connectivity index (χ0n) is 12.4. The Morgan fingerprint density at radius 3 is 2.54 bits per heavy atom. The maximum atomic E-state index is 12.5. The molecule has 0 aliphatic heterocycles. The van der Waals surface area contributed by atoms with E-state index in [9.17, 15) is 22.8 Å². The van der Waals surface area contributed by atoms with Crippen LogP contribution in [0.2, 0.25) is 0 Å². The summed E-state index contributed by atoms with van der Waals surface area (Å²) in [5.74, 6) is -0.342. The van der Waals surface area contributed by atoms with Crippen molar-refractivity contribution in [3.63, 3.8) is 0 Å². The molecule has 0 saturated carbocycles. The zero-order valence-corrected chi connectivity index (χ0v) is 13.3. The fraction of sp³-hybridized carbons (Fsp3) is 0.312. The van der Waals surface area contributed by atoms with Crippen molar-refractivity contribution in [3.8, 4) is 0 Å². The number of carbonyl (C=O) groups is 2. The molecule has 1 aliphatic rings. The highest BCUT2D eigenvalue weighted by molar-refractivity contribution is 7.17. The number of Topliss-reactive ketones (excluding diaryl/α,β-unsaturated/α-hetero) is 1. The highest BCUT2D eigenvalue weighted by Crippen LogP contribution is 2.30. The minimum absolute atomic E-state index is 0.0389. The largest absolute Gasteiger partial charge is 0.416 e. The van der Waals surface area contributed by atoms with E-state index in [-0.39, 0.29) is 18.1 Å². The van der Waals surface area contributed by atoms with Gasteiger partial charge >= 0.3 is 6.18 Å². The molecule has 24 heavy (non-hydrogen) atoms. The maximum Gasteiger partial charge on any atom is 0.416 e. The van der Waals surface area contributed by atoms with Crippen LogP contribution in [0.25, 0.3) is 0 Å². The molecule has 1 aliphatic carbocycles. The summed E-state index contributed by atoms with van der Waals surface area (Å²) >= 11 is 1.15. The van der Waals surface area contributed by atoms with Crippen molar-refractivity contribution < 1.29 is 22.8 Å². The molecule has 1 aromatic carbocycles. The number of nitrogens with zero attached hydrogens (tertiary/aromatic N) is 1. The Labute approximate surface area is 139 Å². The van der Waals surface area contributed by atoms with Crippen molar-refractivity contribution in [1.29, 1.82) is 0 Å². The van der Waals surface area contributed by atoms with Gasteiger partial charge in [0, 0.05) is 6.42 Å². The Balaban J connectivity index is 1.65. The number of fused-ring (bicyclic) bond motifs is 1. The van der Waals surface area contributed by atoms with Gasteiger partial charge in [0.1, 0.15) is 0 Å². The van der Waals surface area contributed by atoms with Gasteiger partial charge in [-0.3, -0.25) is 9.59 Å². The lowest BCUT2D eigenvalue weighted by molar-refractivity contribution is -0.137. The first-order chi connectivity index (χ1) is 11.3. The van der Waals surface area contributed by atoms with Crippen LogP contribution in [0.4, 0.5) is 18.3 Å². The van der Waals surface area contributed by atoms with Gasteiger partial charge in [-0.05, 0) is 30.5 Å². The van der Waals surface area contributed by atoms with Gasteiger partial charge in [-0.1, -0.05) is 23.5 Å². The second-order valence-corrected chi connectivity index (χ2v) is 6.49. The van der Waals surface area contributed by atoms with E-state index in [0.717, 1.165) is 29.9 Å². The first kappa shape index (κ1) is 16.6. The minimum Gasteiger partial charge on any atom is -0.302 e. The van der Waals surface area contributed by atoms with Crippen LogP contribution >= 0.6 is 11.3 Å². The van der Waals surface area contributed by atoms with E-state index in [0.29, 0.717) is 34.1 Å². The van der Waals surface area contributed by atoms with Crippen LogP contribution in [0.3, 0.4) is 0 Å². The number of benzene rings is 1. The SMILES string of the molecule is O=C(Cc1ccc(C(F)(F)F)cc1)Nc1nc2c(s1)C(=O)CCC2. The summed E-state index contributed by atoms with van der Waals surface area (Å²) in [5, 5.41) is 2.96. The van der Waals surface area contributed by atoms with Crippen LogP contribution in [-0.4, -0.2) is 16.7 Å². The van der Waals surface area contributed by atoms with Crippen LogP contribution in [-0.2, 0) is 23.8 Å². The number of anilines is 1. The molecule has 0 fully saturated rings. The number of carbonyl (C=O) groups excluding carboxylic acids is 2. The second kappa shape index (κ2) is 6.35. The van der Waals surface area contributed by atoms with E-state index in [1.807, 2.05) is 0 Å². The molecule has 1 aromatic heterocycles. The Bertz CT molecular complexity index is 782. The molecule has 1 N–H and O–H groups in total. The molecule has 2 aromatic rings. The highest BCUT2D eigenvalue weighted by Gasteiger charge is 2.30. The van der Waals surface area contributed by atoms with Crippen molar-refractivity contribution >= 4 is 28.2 Å².